The van der Waals surface area contributed by atoms with Gasteiger partial charge in [-0.2, -0.15) is 17.9 Å². The van der Waals surface area contributed by atoms with Gasteiger partial charge in [0.15, 0.2) is 0 Å². The second-order valence-corrected chi connectivity index (χ2v) is 5.65. The van der Waals surface area contributed by atoms with Gasteiger partial charge in [-0.15, -0.1) is 0 Å². The van der Waals surface area contributed by atoms with Gasteiger partial charge in [-0.05, 0) is 54.0 Å². The van der Waals surface area contributed by atoms with E-state index in [9.17, 15) is 0 Å². The maximum absolute atomic E-state index is 8.82. The van der Waals surface area contributed by atoms with Gasteiger partial charge in [0.2, 0.25) is 0 Å². The average Bonchev–Trinajstić information content (AvgIpc) is 2.59. The molecule has 114 valence electrons. The Labute approximate surface area is 138 Å². The molecule has 0 bridgehead atoms. The predicted octanol–water partition coefficient (Wildman–Crippen LogP) is 5.09. The Hall–Kier alpha value is -1.92. The van der Waals surface area contributed by atoms with Crippen molar-refractivity contribution in [1.29, 1.82) is 5.26 Å². The zero-order chi connectivity index (χ0) is 15.6. The van der Waals surface area contributed by atoms with Crippen LogP contribution in [-0.2, 0) is 0 Å². The largest absolute Gasteiger partial charge is 0.494 e. The molecule has 2 rings (SSSR count). The molecule has 0 aliphatic heterocycles. The Morgan fingerprint density at radius 1 is 0.818 bits per heavy atom. The average molecular weight is 311 g/mol. The van der Waals surface area contributed by atoms with Crippen molar-refractivity contribution in [2.45, 2.75) is 25.7 Å². The van der Waals surface area contributed by atoms with E-state index in [2.05, 4.69) is 30.8 Å². The Morgan fingerprint density at radius 2 is 1.41 bits per heavy atom. The monoisotopic (exact) mass is 311 g/mol. The highest BCUT2D eigenvalue weighted by molar-refractivity contribution is 7.80. The van der Waals surface area contributed by atoms with Crippen LogP contribution in [0.3, 0.4) is 0 Å². The van der Waals surface area contributed by atoms with Gasteiger partial charge >= 0.3 is 0 Å². The van der Waals surface area contributed by atoms with E-state index in [1.807, 2.05) is 36.4 Å². The minimum atomic E-state index is 0.682. The topological polar surface area (TPSA) is 33.0 Å². The standard InChI is InChI=1S/C19H21NOS/c20-15-16-5-7-17(8-6-16)18-9-11-19(12-10-18)21-13-3-1-2-4-14-22/h5-12,22H,1-4,13-14H2. The second-order valence-electron chi connectivity index (χ2n) is 5.20. The van der Waals surface area contributed by atoms with Crippen molar-refractivity contribution < 1.29 is 4.74 Å². The summed E-state index contributed by atoms with van der Waals surface area (Å²) in [5, 5.41) is 8.82. The molecule has 22 heavy (non-hydrogen) atoms. The number of rotatable bonds is 8. The smallest absolute Gasteiger partial charge is 0.119 e. The fraction of sp³-hybridized carbons (Fsp3) is 0.316. The third-order valence-electron chi connectivity index (χ3n) is 3.52. The van der Waals surface area contributed by atoms with E-state index >= 15 is 0 Å². The summed E-state index contributed by atoms with van der Waals surface area (Å²) in [6, 6.07) is 17.9. The fourth-order valence-electron chi connectivity index (χ4n) is 2.24. The van der Waals surface area contributed by atoms with E-state index < -0.39 is 0 Å². The van der Waals surface area contributed by atoms with Crippen LogP contribution >= 0.6 is 12.6 Å². The first-order valence-corrected chi connectivity index (χ1v) is 8.31. The van der Waals surface area contributed by atoms with Crippen molar-refractivity contribution >= 4 is 12.6 Å². The first-order chi connectivity index (χ1) is 10.8. The highest BCUT2D eigenvalue weighted by Gasteiger charge is 1.99. The maximum atomic E-state index is 8.82. The summed E-state index contributed by atoms with van der Waals surface area (Å²) in [5.41, 5.74) is 2.92. The minimum absolute atomic E-state index is 0.682. The summed E-state index contributed by atoms with van der Waals surface area (Å²) in [6.07, 6.45) is 4.70. The molecule has 0 fully saturated rings. The zero-order valence-corrected chi connectivity index (χ0v) is 13.6. The molecule has 0 N–H and O–H groups in total. The quantitative estimate of drug-likeness (QED) is 0.544. The number of hydrogen-bond donors (Lipinski definition) is 1. The zero-order valence-electron chi connectivity index (χ0n) is 12.7. The lowest BCUT2D eigenvalue weighted by Crippen LogP contribution is -1.97. The third kappa shape index (κ3) is 5.13. The highest BCUT2D eigenvalue weighted by Crippen LogP contribution is 2.23. The van der Waals surface area contributed by atoms with Crippen molar-refractivity contribution in [2.75, 3.05) is 12.4 Å². The number of hydrogen-bond acceptors (Lipinski definition) is 3. The van der Waals surface area contributed by atoms with Crippen LogP contribution in [-0.4, -0.2) is 12.4 Å². The van der Waals surface area contributed by atoms with E-state index in [0.717, 1.165) is 35.7 Å². The molecule has 2 aromatic carbocycles. The molecule has 2 aromatic rings. The Morgan fingerprint density at radius 3 is 2.00 bits per heavy atom. The molecule has 0 aliphatic carbocycles. The van der Waals surface area contributed by atoms with Crippen LogP contribution in [0.5, 0.6) is 5.75 Å². The normalized spacial score (nSPS) is 10.2. The van der Waals surface area contributed by atoms with Crippen LogP contribution in [0.1, 0.15) is 31.2 Å². The molecule has 0 amide bonds. The molecule has 0 aromatic heterocycles. The molecule has 0 spiro atoms. The molecular formula is C19H21NOS. The summed E-state index contributed by atoms with van der Waals surface area (Å²) in [4.78, 5) is 0. The lowest BCUT2D eigenvalue weighted by atomic mass is 10.0. The van der Waals surface area contributed by atoms with Crippen LogP contribution in [0, 0.1) is 11.3 Å². The number of benzene rings is 2. The van der Waals surface area contributed by atoms with Gasteiger partial charge in [0, 0.05) is 0 Å². The first kappa shape index (κ1) is 16.5. The lowest BCUT2D eigenvalue weighted by molar-refractivity contribution is 0.305. The van der Waals surface area contributed by atoms with Crippen molar-refractivity contribution in [3.63, 3.8) is 0 Å². The molecule has 3 heteroatoms. The van der Waals surface area contributed by atoms with E-state index in [4.69, 9.17) is 10.00 Å². The second kappa shape index (κ2) is 9.17. The van der Waals surface area contributed by atoms with Gasteiger partial charge in [0.05, 0.1) is 18.2 Å². The Balaban J connectivity index is 1.83. The van der Waals surface area contributed by atoms with E-state index in [1.165, 1.54) is 19.3 Å². The van der Waals surface area contributed by atoms with Crippen LogP contribution in [0.4, 0.5) is 0 Å². The van der Waals surface area contributed by atoms with Crippen molar-refractivity contribution in [3.8, 4) is 22.9 Å². The van der Waals surface area contributed by atoms with Crippen LogP contribution in [0.25, 0.3) is 11.1 Å². The van der Waals surface area contributed by atoms with Crippen molar-refractivity contribution in [3.05, 3.63) is 54.1 Å². The van der Waals surface area contributed by atoms with E-state index in [-0.39, 0.29) is 0 Å². The Kier molecular flexibility index (Phi) is 6.86. The Bertz CT molecular complexity index is 599. The number of ether oxygens (including phenoxy) is 1. The summed E-state index contributed by atoms with van der Waals surface area (Å²) < 4.78 is 5.75. The molecule has 0 unspecified atom stereocenters. The van der Waals surface area contributed by atoms with Crippen LogP contribution in [0.2, 0.25) is 0 Å². The summed E-state index contributed by atoms with van der Waals surface area (Å²) in [7, 11) is 0. The van der Waals surface area contributed by atoms with Crippen molar-refractivity contribution in [2.24, 2.45) is 0 Å². The van der Waals surface area contributed by atoms with E-state index in [0.29, 0.717) is 5.56 Å². The van der Waals surface area contributed by atoms with Crippen LogP contribution in [0.15, 0.2) is 48.5 Å². The van der Waals surface area contributed by atoms with Gasteiger partial charge in [-0.1, -0.05) is 37.1 Å². The molecule has 0 saturated heterocycles. The van der Waals surface area contributed by atoms with Crippen LogP contribution < -0.4 is 4.74 Å². The number of nitriles is 1. The summed E-state index contributed by atoms with van der Waals surface area (Å²) >= 11 is 4.21. The predicted molar refractivity (Wildman–Crippen MR) is 94.4 cm³/mol. The number of unbranched alkanes of at least 4 members (excludes halogenated alkanes) is 3. The lowest BCUT2D eigenvalue weighted by Gasteiger charge is -2.07. The summed E-state index contributed by atoms with van der Waals surface area (Å²) in [5.74, 6) is 1.88. The van der Waals surface area contributed by atoms with Gasteiger partial charge < -0.3 is 4.74 Å². The highest BCUT2D eigenvalue weighted by atomic mass is 32.1. The van der Waals surface area contributed by atoms with Gasteiger partial charge in [0.1, 0.15) is 5.75 Å². The number of nitrogens with zero attached hydrogens (tertiary/aromatic N) is 1. The SMILES string of the molecule is N#Cc1ccc(-c2ccc(OCCCCCCS)cc2)cc1. The molecule has 0 saturated carbocycles. The minimum Gasteiger partial charge on any atom is -0.494 e. The maximum Gasteiger partial charge on any atom is 0.119 e. The fourth-order valence-corrected chi connectivity index (χ4v) is 2.46. The summed E-state index contributed by atoms with van der Waals surface area (Å²) in [6.45, 7) is 0.767. The molecule has 0 heterocycles. The van der Waals surface area contributed by atoms with Gasteiger partial charge in [-0.3, -0.25) is 0 Å². The molecular weight excluding hydrogens is 290 g/mol. The van der Waals surface area contributed by atoms with Gasteiger partial charge in [0.25, 0.3) is 0 Å². The molecule has 2 nitrogen and oxygen atoms in total. The van der Waals surface area contributed by atoms with E-state index in [1.54, 1.807) is 0 Å². The molecule has 0 radical (unpaired) electrons. The van der Waals surface area contributed by atoms with Crippen molar-refractivity contribution in [1.82, 2.24) is 0 Å². The first-order valence-electron chi connectivity index (χ1n) is 7.68. The molecule has 0 aliphatic rings. The molecule has 0 atom stereocenters. The number of thiol groups is 1. The van der Waals surface area contributed by atoms with Gasteiger partial charge in [-0.25, -0.2) is 0 Å². The third-order valence-corrected chi connectivity index (χ3v) is 3.84.